The highest BCUT2D eigenvalue weighted by molar-refractivity contribution is 7.10. The fraction of sp³-hybridized carbons (Fsp3) is 0.462. The van der Waals surface area contributed by atoms with Crippen LogP contribution in [0.4, 0.5) is 11.5 Å². The van der Waals surface area contributed by atoms with Gasteiger partial charge in [0.05, 0.1) is 11.4 Å². The van der Waals surface area contributed by atoms with Crippen LogP contribution in [0.15, 0.2) is 11.4 Å². The van der Waals surface area contributed by atoms with Gasteiger partial charge in [-0.1, -0.05) is 0 Å². The predicted molar refractivity (Wildman–Crippen MR) is 76.1 cm³/mol. The number of aromatic nitrogens is 2. The lowest BCUT2D eigenvalue weighted by atomic mass is 10.1. The molecule has 0 atom stereocenters. The van der Waals surface area contributed by atoms with Gasteiger partial charge in [-0.25, -0.2) is 4.68 Å². The summed E-state index contributed by atoms with van der Waals surface area (Å²) >= 11 is 1.86. The molecule has 0 bridgehead atoms. The number of thiophene rings is 1. The van der Waals surface area contributed by atoms with E-state index in [2.05, 4.69) is 28.4 Å². The van der Waals surface area contributed by atoms with Crippen LogP contribution in [-0.2, 0) is 19.5 Å². The van der Waals surface area contributed by atoms with Crippen LogP contribution in [0.25, 0.3) is 0 Å². The molecule has 2 aromatic rings. The number of anilines is 2. The number of fused-ring (bicyclic) bond motifs is 1. The van der Waals surface area contributed by atoms with Crippen molar-refractivity contribution in [2.75, 3.05) is 17.2 Å². The molecule has 4 nitrogen and oxygen atoms in total. The van der Waals surface area contributed by atoms with Crippen LogP contribution in [0.1, 0.15) is 23.1 Å². The van der Waals surface area contributed by atoms with Crippen molar-refractivity contribution in [3.05, 3.63) is 27.6 Å². The van der Waals surface area contributed by atoms with Gasteiger partial charge in [0.15, 0.2) is 5.82 Å². The monoisotopic (exact) mass is 262 g/mol. The lowest BCUT2D eigenvalue weighted by Crippen LogP contribution is -2.31. The first-order valence-corrected chi connectivity index (χ1v) is 7.21. The van der Waals surface area contributed by atoms with Gasteiger partial charge in [-0.2, -0.15) is 5.10 Å². The van der Waals surface area contributed by atoms with E-state index in [9.17, 15) is 0 Å². The molecule has 0 spiro atoms. The Hall–Kier alpha value is -1.49. The molecule has 18 heavy (non-hydrogen) atoms. The van der Waals surface area contributed by atoms with Crippen molar-refractivity contribution in [3.8, 4) is 0 Å². The van der Waals surface area contributed by atoms with Crippen LogP contribution in [0.5, 0.6) is 0 Å². The second-order valence-corrected chi connectivity index (χ2v) is 5.68. The average molecular weight is 262 g/mol. The molecule has 96 valence electrons. The average Bonchev–Trinajstić information content (AvgIpc) is 2.94. The SMILES string of the molecule is CCn1nc(C)c(N)c1N1CCc2sccc2C1. The molecule has 0 amide bonds. The summed E-state index contributed by atoms with van der Waals surface area (Å²) < 4.78 is 2.02. The van der Waals surface area contributed by atoms with Crippen molar-refractivity contribution in [2.45, 2.75) is 33.4 Å². The van der Waals surface area contributed by atoms with Crippen molar-refractivity contribution in [3.63, 3.8) is 0 Å². The van der Waals surface area contributed by atoms with Gasteiger partial charge >= 0.3 is 0 Å². The van der Waals surface area contributed by atoms with Gasteiger partial charge in [0, 0.05) is 24.5 Å². The highest BCUT2D eigenvalue weighted by atomic mass is 32.1. The zero-order valence-electron chi connectivity index (χ0n) is 10.8. The van der Waals surface area contributed by atoms with Crippen molar-refractivity contribution < 1.29 is 0 Å². The number of rotatable bonds is 2. The standard InChI is InChI=1S/C13H18N4S/c1-3-17-13(12(14)9(2)15-17)16-6-4-11-10(8-16)5-7-18-11/h5,7H,3-4,6,8,14H2,1-2H3. The van der Waals surface area contributed by atoms with E-state index in [0.29, 0.717) is 0 Å². The molecule has 0 saturated carbocycles. The van der Waals surface area contributed by atoms with Gasteiger partial charge in [0.2, 0.25) is 0 Å². The Labute approximate surface area is 111 Å². The van der Waals surface area contributed by atoms with E-state index in [1.54, 1.807) is 0 Å². The van der Waals surface area contributed by atoms with Gasteiger partial charge in [-0.3, -0.25) is 0 Å². The quantitative estimate of drug-likeness (QED) is 0.904. The minimum Gasteiger partial charge on any atom is -0.394 e. The van der Waals surface area contributed by atoms with Crippen molar-refractivity contribution in [1.29, 1.82) is 0 Å². The Morgan fingerprint density at radius 3 is 3.11 bits per heavy atom. The highest BCUT2D eigenvalue weighted by Gasteiger charge is 2.23. The van der Waals surface area contributed by atoms with Gasteiger partial charge in [0.1, 0.15) is 0 Å². The van der Waals surface area contributed by atoms with E-state index < -0.39 is 0 Å². The van der Waals surface area contributed by atoms with Crippen molar-refractivity contribution in [1.82, 2.24) is 9.78 Å². The molecular weight excluding hydrogens is 244 g/mol. The number of hydrogen-bond donors (Lipinski definition) is 1. The molecule has 1 aliphatic rings. The topological polar surface area (TPSA) is 47.1 Å². The number of aryl methyl sites for hydroxylation is 2. The summed E-state index contributed by atoms with van der Waals surface area (Å²) in [6, 6.07) is 2.22. The fourth-order valence-corrected chi connectivity index (χ4v) is 3.46. The summed E-state index contributed by atoms with van der Waals surface area (Å²) in [5, 5.41) is 6.68. The lowest BCUT2D eigenvalue weighted by molar-refractivity contribution is 0.618. The van der Waals surface area contributed by atoms with E-state index in [4.69, 9.17) is 5.73 Å². The molecule has 0 saturated heterocycles. The van der Waals surface area contributed by atoms with Crippen LogP contribution in [0.2, 0.25) is 0 Å². The van der Waals surface area contributed by atoms with Crippen LogP contribution in [-0.4, -0.2) is 16.3 Å². The van der Waals surface area contributed by atoms with E-state index in [0.717, 1.165) is 43.3 Å². The molecule has 3 heterocycles. The van der Waals surface area contributed by atoms with Gasteiger partial charge in [-0.15, -0.1) is 11.3 Å². The van der Waals surface area contributed by atoms with Gasteiger partial charge in [-0.05, 0) is 37.3 Å². The number of nitrogens with zero attached hydrogens (tertiary/aromatic N) is 3. The molecular formula is C13H18N4S. The largest absolute Gasteiger partial charge is 0.394 e. The number of nitrogen functional groups attached to an aromatic ring is 1. The predicted octanol–water partition coefficient (Wildman–Crippen LogP) is 2.42. The second-order valence-electron chi connectivity index (χ2n) is 4.68. The Morgan fingerprint density at radius 1 is 1.50 bits per heavy atom. The first kappa shape index (κ1) is 11.6. The molecule has 0 aliphatic carbocycles. The maximum Gasteiger partial charge on any atom is 0.150 e. The first-order chi connectivity index (χ1) is 8.70. The van der Waals surface area contributed by atoms with Gasteiger partial charge in [0.25, 0.3) is 0 Å². The minimum absolute atomic E-state index is 0.829. The third-order valence-electron chi connectivity index (χ3n) is 3.55. The smallest absolute Gasteiger partial charge is 0.150 e. The molecule has 3 rings (SSSR count). The fourth-order valence-electron chi connectivity index (χ4n) is 2.57. The minimum atomic E-state index is 0.829. The Kier molecular flexibility index (Phi) is 2.78. The van der Waals surface area contributed by atoms with Crippen LogP contribution in [0, 0.1) is 6.92 Å². The second kappa shape index (κ2) is 4.31. The van der Waals surface area contributed by atoms with E-state index in [-0.39, 0.29) is 0 Å². The molecule has 5 heteroatoms. The molecule has 1 aliphatic heterocycles. The third-order valence-corrected chi connectivity index (χ3v) is 4.58. The Morgan fingerprint density at radius 2 is 2.33 bits per heavy atom. The van der Waals surface area contributed by atoms with Crippen LogP contribution < -0.4 is 10.6 Å². The van der Waals surface area contributed by atoms with Crippen molar-refractivity contribution in [2.24, 2.45) is 0 Å². The highest BCUT2D eigenvalue weighted by Crippen LogP contribution is 2.32. The molecule has 0 fully saturated rings. The number of hydrogen-bond acceptors (Lipinski definition) is 4. The summed E-state index contributed by atoms with van der Waals surface area (Å²) in [6.07, 6.45) is 1.11. The van der Waals surface area contributed by atoms with Crippen LogP contribution in [0.3, 0.4) is 0 Å². The molecule has 2 aromatic heterocycles. The summed E-state index contributed by atoms with van der Waals surface area (Å²) in [7, 11) is 0. The van der Waals surface area contributed by atoms with Crippen LogP contribution >= 0.6 is 11.3 Å². The van der Waals surface area contributed by atoms with E-state index in [1.807, 2.05) is 22.9 Å². The van der Waals surface area contributed by atoms with Gasteiger partial charge < -0.3 is 10.6 Å². The molecule has 0 radical (unpaired) electrons. The Bertz CT molecular complexity index is 570. The zero-order chi connectivity index (χ0) is 12.7. The van der Waals surface area contributed by atoms with E-state index in [1.165, 1.54) is 10.4 Å². The maximum atomic E-state index is 6.18. The summed E-state index contributed by atoms with van der Waals surface area (Å²) in [4.78, 5) is 3.87. The first-order valence-electron chi connectivity index (χ1n) is 6.33. The molecule has 0 aromatic carbocycles. The Balaban J connectivity index is 1.97. The number of nitrogens with two attached hydrogens (primary N) is 1. The summed E-state index contributed by atoms with van der Waals surface area (Å²) in [6.45, 7) is 6.93. The van der Waals surface area contributed by atoms with Crippen molar-refractivity contribution >= 4 is 22.8 Å². The zero-order valence-corrected chi connectivity index (χ0v) is 11.6. The maximum absolute atomic E-state index is 6.18. The molecule has 2 N–H and O–H groups in total. The molecule has 0 unspecified atom stereocenters. The summed E-state index contributed by atoms with van der Waals surface area (Å²) in [5.41, 5.74) is 9.38. The summed E-state index contributed by atoms with van der Waals surface area (Å²) in [5.74, 6) is 1.09. The third kappa shape index (κ3) is 1.70. The lowest BCUT2D eigenvalue weighted by Gasteiger charge is -2.29. The normalized spacial score (nSPS) is 14.9. The van der Waals surface area contributed by atoms with E-state index >= 15 is 0 Å².